The van der Waals surface area contributed by atoms with Crippen molar-refractivity contribution in [2.75, 3.05) is 32.8 Å². The van der Waals surface area contributed by atoms with Gasteiger partial charge in [0.25, 0.3) is 0 Å². The standard InChI is InChI=1S/C13H25N3O3/c1-11(18)14-6-7-15-13(19)10-16-8-3-2-4-12(16)5-9-17/h12,17H,2-10H2,1H3,(H,14,18)(H,15,19). The number of piperidine rings is 1. The van der Waals surface area contributed by atoms with Crippen molar-refractivity contribution < 1.29 is 14.7 Å². The van der Waals surface area contributed by atoms with E-state index in [-0.39, 0.29) is 18.4 Å². The van der Waals surface area contributed by atoms with E-state index in [9.17, 15) is 9.59 Å². The maximum absolute atomic E-state index is 11.8. The van der Waals surface area contributed by atoms with E-state index in [4.69, 9.17) is 5.11 Å². The number of amides is 2. The molecule has 3 N–H and O–H groups in total. The predicted octanol–water partition coefficient (Wildman–Crippen LogP) is -0.524. The number of carbonyl (C=O) groups is 2. The Morgan fingerprint density at radius 2 is 2.00 bits per heavy atom. The summed E-state index contributed by atoms with van der Waals surface area (Å²) in [4.78, 5) is 24.6. The average Bonchev–Trinajstić information content (AvgIpc) is 2.37. The number of nitrogens with one attached hydrogen (secondary N) is 2. The fourth-order valence-electron chi connectivity index (χ4n) is 2.42. The molecule has 1 unspecified atom stereocenters. The van der Waals surface area contributed by atoms with Crippen molar-refractivity contribution in [3.63, 3.8) is 0 Å². The molecule has 19 heavy (non-hydrogen) atoms. The van der Waals surface area contributed by atoms with Gasteiger partial charge in [0.2, 0.25) is 11.8 Å². The molecule has 0 bridgehead atoms. The molecule has 0 aromatic carbocycles. The largest absolute Gasteiger partial charge is 0.396 e. The van der Waals surface area contributed by atoms with E-state index in [2.05, 4.69) is 15.5 Å². The summed E-state index contributed by atoms with van der Waals surface area (Å²) in [7, 11) is 0. The molecule has 1 fully saturated rings. The second-order valence-corrected chi connectivity index (χ2v) is 4.97. The van der Waals surface area contributed by atoms with Crippen LogP contribution in [0.25, 0.3) is 0 Å². The van der Waals surface area contributed by atoms with Gasteiger partial charge in [-0.05, 0) is 25.8 Å². The Morgan fingerprint density at radius 3 is 2.68 bits per heavy atom. The third-order valence-electron chi connectivity index (χ3n) is 3.38. The van der Waals surface area contributed by atoms with E-state index in [1.165, 1.54) is 13.3 Å². The minimum absolute atomic E-state index is 0.0183. The van der Waals surface area contributed by atoms with E-state index < -0.39 is 0 Å². The van der Waals surface area contributed by atoms with Gasteiger partial charge in [-0.2, -0.15) is 0 Å². The van der Waals surface area contributed by atoms with Crippen molar-refractivity contribution >= 4 is 11.8 Å². The number of carbonyl (C=O) groups excluding carboxylic acids is 2. The summed E-state index contributed by atoms with van der Waals surface area (Å²) in [6, 6.07) is 0.319. The minimum atomic E-state index is -0.0895. The van der Waals surface area contributed by atoms with Crippen LogP contribution in [0.4, 0.5) is 0 Å². The van der Waals surface area contributed by atoms with Gasteiger partial charge >= 0.3 is 0 Å². The van der Waals surface area contributed by atoms with Gasteiger partial charge in [-0.1, -0.05) is 6.42 Å². The zero-order valence-electron chi connectivity index (χ0n) is 11.7. The second-order valence-electron chi connectivity index (χ2n) is 4.97. The first-order chi connectivity index (χ1) is 9.13. The van der Waals surface area contributed by atoms with Crippen LogP contribution in [0.15, 0.2) is 0 Å². The molecule has 1 rings (SSSR count). The molecule has 0 spiro atoms. The Labute approximate surface area is 114 Å². The van der Waals surface area contributed by atoms with E-state index in [1.54, 1.807) is 0 Å². The topological polar surface area (TPSA) is 81.7 Å². The van der Waals surface area contributed by atoms with Crippen LogP contribution >= 0.6 is 0 Å². The molecule has 1 saturated heterocycles. The number of rotatable bonds is 7. The van der Waals surface area contributed by atoms with Gasteiger partial charge in [0.05, 0.1) is 6.54 Å². The van der Waals surface area contributed by atoms with Gasteiger partial charge in [0.1, 0.15) is 0 Å². The monoisotopic (exact) mass is 271 g/mol. The van der Waals surface area contributed by atoms with Gasteiger partial charge in [-0.3, -0.25) is 14.5 Å². The molecule has 1 aliphatic heterocycles. The Bertz CT molecular complexity index is 295. The average molecular weight is 271 g/mol. The Kier molecular flexibility index (Phi) is 7.43. The molecule has 1 heterocycles. The molecule has 6 nitrogen and oxygen atoms in total. The van der Waals surface area contributed by atoms with E-state index >= 15 is 0 Å². The Balaban J connectivity index is 2.23. The lowest BCUT2D eigenvalue weighted by Crippen LogP contribution is -2.46. The molecule has 0 aromatic heterocycles. The van der Waals surface area contributed by atoms with Crippen molar-refractivity contribution in [2.45, 2.75) is 38.6 Å². The number of hydrogen-bond donors (Lipinski definition) is 3. The van der Waals surface area contributed by atoms with Crippen LogP contribution in [0.1, 0.15) is 32.6 Å². The molecule has 6 heteroatoms. The van der Waals surface area contributed by atoms with Crippen LogP contribution in [0, 0.1) is 0 Å². The lowest BCUT2D eigenvalue weighted by molar-refractivity contribution is -0.123. The van der Waals surface area contributed by atoms with Gasteiger partial charge in [0.15, 0.2) is 0 Å². The minimum Gasteiger partial charge on any atom is -0.396 e. The first kappa shape index (κ1) is 15.9. The van der Waals surface area contributed by atoms with Gasteiger partial charge in [-0.25, -0.2) is 0 Å². The Hall–Kier alpha value is -1.14. The van der Waals surface area contributed by atoms with Gasteiger partial charge in [-0.15, -0.1) is 0 Å². The van der Waals surface area contributed by atoms with Crippen molar-refractivity contribution in [2.24, 2.45) is 0 Å². The summed E-state index contributed by atoms with van der Waals surface area (Å²) in [6.07, 6.45) is 4.07. The Morgan fingerprint density at radius 1 is 1.26 bits per heavy atom. The number of nitrogens with zero attached hydrogens (tertiary/aromatic N) is 1. The smallest absolute Gasteiger partial charge is 0.234 e. The number of aliphatic hydroxyl groups is 1. The van der Waals surface area contributed by atoms with E-state index in [0.29, 0.717) is 25.7 Å². The summed E-state index contributed by atoms with van der Waals surface area (Å²) in [5, 5.41) is 14.5. The number of likely N-dealkylation sites (tertiary alicyclic amines) is 1. The highest BCUT2D eigenvalue weighted by Crippen LogP contribution is 2.18. The fraction of sp³-hybridized carbons (Fsp3) is 0.846. The van der Waals surface area contributed by atoms with Crippen LogP contribution < -0.4 is 10.6 Å². The zero-order valence-corrected chi connectivity index (χ0v) is 11.7. The maximum atomic E-state index is 11.8. The highest BCUT2D eigenvalue weighted by atomic mass is 16.3. The van der Waals surface area contributed by atoms with Crippen LogP contribution in [0.3, 0.4) is 0 Å². The van der Waals surface area contributed by atoms with Gasteiger partial charge in [0, 0.05) is 32.7 Å². The van der Waals surface area contributed by atoms with Crippen LogP contribution in [-0.4, -0.2) is 60.6 Å². The highest BCUT2D eigenvalue weighted by molar-refractivity contribution is 5.78. The van der Waals surface area contributed by atoms with Crippen molar-refractivity contribution in [3.8, 4) is 0 Å². The van der Waals surface area contributed by atoms with Crippen molar-refractivity contribution in [3.05, 3.63) is 0 Å². The normalized spacial score (nSPS) is 20.0. The predicted molar refractivity (Wildman–Crippen MR) is 72.6 cm³/mol. The molecule has 1 atom stereocenters. The second kappa shape index (κ2) is 8.87. The van der Waals surface area contributed by atoms with Crippen molar-refractivity contribution in [1.29, 1.82) is 0 Å². The summed E-state index contributed by atoms with van der Waals surface area (Å²) >= 11 is 0. The van der Waals surface area contributed by atoms with Crippen LogP contribution in [0.5, 0.6) is 0 Å². The molecule has 0 aliphatic carbocycles. The first-order valence-corrected chi connectivity index (χ1v) is 6.99. The quantitative estimate of drug-likeness (QED) is 0.544. The summed E-state index contributed by atoms with van der Waals surface area (Å²) in [6.45, 7) is 3.84. The number of hydrogen-bond acceptors (Lipinski definition) is 4. The lowest BCUT2D eigenvalue weighted by Gasteiger charge is -2.34. The molecule has 2 amide bonds. The zero-order chi connectivity index (χ0) is 14.1. The van der Waals surface area contributed by atoms with Crippen LogP contribution in [-0.2, 0) is 9.59 Å². The van der Waals surface area contributed by atoms with Gasteiger partial charge < -0.3 is 15.7 Å². The molecule has 0 radical (unpaired) electrons. The van der Waals surface area contributed by atoms with Crippen molar-refractivity contribution in [1.82, 2.24) is 15.5 Å². The fourth-order valence-corrected chi connectivity index (χ4v) is 2.42. The van der Waals surface area contributed by atoms with E-state index in [0.717, 1.165) is 25.8 Å². The molecule has 110 valence electrons. The molecule has 0 aromatic rings. The lowest BCUT2D eigenvalue weighted by atomic mass is 10.00. The molecular formula is C13H25N3O3. The highest BCUT2D eigenvalue weighted by Gasteiger charge is 2.23. The molecule has 0 saturated carbocycles. The number of aliphatic hydroxyl groups excluding tert-OH is 1. The van der Waals surface area contributed by atoms with E-state index in [1.807, 2.05) is 0 Å². The first-order valence-electron chi connectivity index (χ1n) is 6.99. The third kappa shape index (κ3) is 6.54. The SMILES string of the molecule is CC(=O)NCCNC(=O)CN1CCCCC1CCO. The molecular weight excluding hydrogens is 246 g/mol. The summed E-state index contributed by atoms with van der Waals surface area (Å²) in [5.74, 6) is -0.108. The molecule has 1 aliphatic rings. The maximum Gasteiger partial charge on any atom is 0.234 e. The third-order valence-corrected chi connectivity index (χ3v) is 3.38. The summed E-state index contributed by atoms with van der Waals surface area (Å²) < 4.78 is 0. The summed E-state index contributed by atoms with van der Waals surface area (Å²) in [5.41, 5.74) is 0. The van der Waals surface area contributed by atoms with Crippen LogP contribution in [0.2, 0.25) is 0 Å².